The third-order valence-corrected chi connectivity index (χ3v) is 7.20. The Morgan fingerprint density at radius 1 is 0.875 bits per heavy atom. The van der Waals surface area contributed by atoms with Crippen molar-refractivity contribution in [1.29, 1.82) is 0 Å². The molecule has 4 aromatic rings. The minimum absolute atomic E-state index is 0.271. The summed E-state index contributed by atoms with van der Waals surface area (Å²) in [5, 5.41) is 10.6. The van der Waals surface area contributed by atoms with Gasteiger partial charge in [0.1, 0.15) is 12.3 Å². The Hall–Kier alpha value is -4.44. The molecule has 0 N–H and O–H groups in total. The molecular weight excluding hydrogens is 576 g/mol. The number of carbonyl (C=O) groups excluding carboxylic acids is 1. The predicted molar refractivity (Wildman–Crippen MR) is 155 cm³/mol. The molecule has 0 bridgehead atoms. The van der Waals surface area contributed by atoms with Crippen LogP contribution in [0.1, 0.15) is 23.6 Å². The van der Waals surface area contributed by atoms with Gasteiger partial charge in [0.15, 0.2) is 11.5 Å². The number of halogens is 1. The lowest BCUT2D eigenvalue weighted by molar-refractivity contribution is -0.133. The van der Waals surface area contributed by atoms with Gasteiger partial charge in [-0.3, -0.25) is 9.59 Å². The predicted octanol–water partition coefficient (Wildman–Crippen LogP) is 5.08. The van der Waals surface area contributed by atoms with Crippen molar-refractivity contribution in [1.82, 2.24) is 14.8 Å². The molecule has 1 aromatic heterocycles. The highest BCUT2D eigenvalue weighted by atomic mass is 79.9. The molecule has 9 nitrogen and oxygen atoms in total. The lowest BCUT2D eigenvalue weighted by Gasteiger charge is -2.23. The van der Waals surface area contributed by atoms with Crippen molar-refractivity contribution < 1.29 is 19.0 Å². The monoisotopic (exact) mass is 602 g/mol. The molecular formula is C30H27BrN4O5. The van der Waals surface area contributed by atoms with Gasteiger partial charge in [0.05, 0.1) is 38.8 Å². The summed E-state index contributed by atoms with van der Waals surface area (Å²) in [6.07, 6.45) is 0.467. The minimum Gasteiger partial charge on any atom is -0.497 e. The number of methoxy groups -OCH3 is 3. The first kappa shape index (κ1) is 27.1. The smallest absolute Gasteiger partial charge is 0.267 e. The molecule has 0 saturated heterocycles. The van der Waals surface area contributed by atoms with E-state index < -0.39 is 6.04 Å². The molecule has 204 valence electrons. The van der Waals surface area contributed by atoms with E-state index in [0.717, 1.165) is 32.6 Å². The molecule has 0 fully saturated rings. The lowest BCUT2D eigenvalue weighted by Crippen LogP contribution is -2.35. The van der Waals surface area contributed by atoms with Gasteiger partial charge in [0.2, 0.25) is 0 Å². The number of hydrogen-bond acceptors (Lipinski definition) is 7. The summed E-state index contributed by atoms with van der Waals surface area (Å²) in [5.41, 5.74) is 3.46. The first-order valence-electron chi connectivity index (χ1n) is 12.5. The first-order chi connectivity index (χ1) is 19.4. The Balaban J connectivity index is 1.49. The van der Waals surface area contributed by atoms with Crippen LogP contribution >= 0.6 is 15.9 Å². The fourth-order valence-electron chi connectivity index (χ4n) is 4.56. The maximum Gasteiger partial charge on any atom is 0.267 e. The van der Waals surface area contributed by atoms with Crippen LogP contribution < -0.4 is 19.8 Å². The molecule has 1 atom stereocenters. The Morgan fingerprint density at radius 3 is 2.25 bits per heavy atom. The highest BCUT2D eigenvalue weighted by Crippen LogP contribution is 2.37. The Bertz CT molecular complexity index is 1620. The summed E-state index contributed by atoms with van der Waals surface area (Å²) >= 11 is 3.43. The zero-order chi connectivity index (χ0) is 28.2. The van der Waals surface area contributed by atoms with Crippen LogP contribution in [0.4, 0.5) is 0 Å². The van der Waals surface area contributed by atoms with E-state index in [1.165, 1.54) is 15.8 Å². The van der Waals surface area contributed by atoms with Crippen LogP contribution in [0.2, 0.25) is 0 Å². The molecule has 40 heavy (non-hydrogen) atoms. The van der Waals surface area contributed by atoms with Gasteiger partial charge in [-0.1, -0.05) is 34.1 Å². The van der Waals surface area contributed by atoms with E-state index in [1.807, 2.05) is 60.7 Å². The molecule has 10 heteroatoms. The minimum atomic E-state index is -0.422. The number of nitrogens with zero attached hydrogens (tertiary/aromatic N) is 4. The van der Waals surface area contributed by atoms with Gasteiger partial charge in [0, 0.05) is 22.5 Å². The molecule has 1 aliphatic heterocycles. The lowest BCUT2D eigenvalue weighted by atomic mass is 9.98. The second kappa shape index (κ2) is 11.7. The SMILES string of the molecule is COc1ccc(C2=NN(C(=O)Cn3nc(-c4ccc(Br)cc4)ccc3=O)C(c3ccc(OC)c(OC)c3)C2)cc1. The average molecular weight is 603 g/mol. The Kier molecular flexibility index (Phi) is 7.97. The summed E-state index contributed by atoms with van der Waals surface area (Å²) in [7, 11) is 4.74. The second-order valence-corrected chi connectivity index (χ2v) is 9.98. The van der Waals surface area contributed by atoms with E-state index in [-0.39, 0.29) is 18.0 Å². The van der Waals surface area contributed by atoms with Crippen molar-refractivity contribution in [3.8, 4) is 28.5 Å². The van der Waals surface area contributed by atoms with Crippen LogP contribution in [-0.4, -0.2) is 47.7 Å². The van der Waals surface area contributed by atoms with E-state index in [9.17, 15) is 9.59 Å². The van der Waals surface area contributed by atoms with Crippen LogP contribution in [0.15, 0.2) is 93.2 Å². The molecule has 2 heterocycles. The van der Waals surface area contributed by atoms with E-state index in [0.29, 0.717) is 23.6 Å². The summed E-state index contributed by atoms with van der Waals surface area (Å²) in [4.78, 5) is 26.4. The average Bonchev–Trinajstić information content (AvgIpc) is 3.44. The van der Waals surface area contributed by atoms with Crippen LogP contribution in [0.3, 0.4) is 0 Å². The highest BCUT2D eigenvalue weighted by Gasteiger charge is 2.34. The van der Waals surface area contributed by atoms with Crippen molar-refractivity contribution in [3.05, 3.63) is 105 Å². The standard InChI is InChI=1S/C30H27BrN4O5/c1-38-23-11-6-20(7-12-23)25-17-26(21-8-14-27(39-2)28(16-21)40-3)35(33-25)30(37)18-34-29(36)15-13-24(32-34)19-4-9-22(31)10-5-19/h4-16,26H,17-18H2,1-3H3. The topological polar surface area (TPSA) is 95.2 Å². The van der Waals surface area contributed by atoms with Crippen LogP contribution in [0, 0.1) is 0 Å². The second-order valence-electron chi connectivity index (χ2n) is 9.07. The number of hydrogen-bond donors (Lipinski definition) is 0. The molecule has 1 unspecified atom stereocenters. The number of rotatable bonds is 8. The third kappa shape index (κ3) is 5.62. The number of carbonyl (C=O) groups is 1. The van der Waals surface area contributed by atoms with Gasteiger partial charge in [-0.25, -0.2) is 9.69 Å². The fourth-order valence-corrected chi connectivity index (χ4v) is 4.82. The van der Waals surface area contributed by atoms with E-state index in [2.05, 4.69) is 21.0 Å². The van der Waals surface area contributed by atoms with Crippen molar-refractivity contribution in [2.45, 2.75) is 19.0 Å². The Labute approximate surface area is 239 Å². The normalized spacial score (nSPS) is 14.6. The van der Waals surface area contributed by atoms with Crippen LogP contribution in [0.25, 0.3) is 11.3 Å². The van der Waals surface area contributed by atoms with Gasteiger partial charge >= 0.3 is 0 Å². The third-order valence-electron chi connectivity index (χ3n) is 6.67. The number of amides is 1. The Morgan fingerprint density at radius 2 is 1.57 bits per heavy atom. The molecule has 1 aliphatic rings. The largest absolute Gasteiger partial charge is 0.497 e. The van der Waals surface area contributed by atoms with Gasteiger partial charge in [-0.2, -0.15) is 10.2 Å². The fraction of sp³-hybridized carbons (Fsp3) is 0.200. The zero-order valence-electron chi connectivity index (χ0n) is 22.2. The first-order valence-corrected chi connectivity index (χ1v) is 13.3. The maximum atomic E-state index is 13.7. The quantitative estimate of drug-likeness (QED) is 0.279. The molecule has 0 spiro atoms. The van der Waals surface area contributed by atoms with Gasteiger partial charge in [-0.15, -0.1) is 0 Å². The number of ether oxygens (including phenoxy) is 3. The summed E-state index contributed by atoms with van der Waals surface area (Å²) in [6.45, 7) is -0.271. The van der Waals surface area contributed by atoms with Crippen molar-refractivity contribution in [3.63, 3.8) is 0 Å². The van der Waals surface area contributed by atoms with Crippen LogP contribution in [-0.2, 0) is 11.3 Å². The summed E-state index contributed by atoms with van der Waals surface area (Å²) in [6, 6.07) is 23.3. The molecule has 0 aliphatic carbocycles. The van der Waals surface area contributed by atoms with E-state index in [4.69, 9.17) is 19.3 Å². The summed E-state index contributed by atoms with van der Waals surface area (Å²) < 4.78 is 18.3. The number of hydrazone groups is 1. The molecule has 3 aromatic carbocycles. The van der Waals surface area contributed by atoms with Gasteiger partial charge < -0.3 is 14.2 Å². The van der Waals surface area contributed by atoms with Crippen molar-refractivity contribution in [2.75, 3.05) is 21.3 Å². The van der Waals surface area contributed by atoms with Crippen LogP contribution in [0.5, 0.6) is 17.2 Å². The van der Waals surface area contributed by atoms with Gasteiger partial charge in [0.25, 0.3) is 11.5 Å². The number of benzene rings is 3. The number of aromatic nitrogens is 2. The van der Waals surface area contributed by atoms with Gasteiger partial charge in [-0.05, 0) is 65.7 Å². The molecule has 0 radical (unpaired) electrons. The zero-order valence-corrected chi connectivity index (χ0v) is 23.8. The highest BCUT2D eigenvalue weighted by molar-refractivity contribution is 9.10. The molecule has 0 saturated carbocycles. The van der Waals surface area contributed by atoms with Crippen molar-refractivity contribution >= 4 is 27.5 Å². The summed E-state index contributed by atoms with van der Waals surface area (Å²) in [5.74, 6) is 1.48. The maximum absolute atomic E-state index is 13.7. The molecule has 1 amide bonds. The van der Waals surface area contributed by atoms with E-state index in [1.54, 1.807) is 33.5 Å². The van der Waals surface area contributed by atoms with E-state index >= 15 is 0 Å². The molecule has 5 rings (SSSR count). The van der Waals surface area contributed by atoms with Crippen molar-refractivity contribution in [2.24, 2.45) is 5.10 Å².